The number of nitrogens with zero attached hydrogens (tertiary/aromatic N) is 3. The third kappa shape index (κ3) is 2.51. The van der Waals surface area contributed by atoms with E-state index in [0.29, 0.717) is 17.4 Å². The highest BCUT2D eigenvalue weighted by Gasteiger charge is 2.15. The molecule has 0 spiro atoms. The lowest BCUT2D eigenvalue weighted by Crippen LogP contribution is -2.26. The number of aromatic nitrogens is 3. The van der Waals surface area contributed by atoms with E-state index in [1.165, 1.54) is 23.4 Å². The Morgan fingerprint density at radius 2 is 2.14 bits per heavy atom. The number of carbonyl (C=O) groups excluding carboxylic acids is 1. The van der Waals surface area contributed by atoms with Gasteiger partial charge in [0, 0.05) is 5.39 Å². The van der Waals surface area contributed by atoms with Crippen LogP contribution in [0.5, 0.6) is 0 Å². The summed E-state index contributed by atoms with van der Waals surface area (Å²) < 4.78 is 6.56. The van der Waals surface area contributed by atoms with E-state index in [2.05, 4.69) is 22.2 Å². The largest absolute Gasteiger partial charge is 0.422 e. The molecule has 7 heteroatoms. The fourth-order valence-corrected chi connectivity index (χ4v) is 2.12. The van der Waals surface area contributed by atoms with Crippen molar-refractivity contribution in [2.24, 2.45) is 0 Å². The highest BCUT2D eigenvalue weighted by molar-refractivity contribution is 6.01. The van der Waals surface area contributed by atoms with Crippen LogP contribution < -0.4 is 11.1 Å². The van der Waals surface area contributed by atoms with E-state index < -0.39 is 11.5 Å². The van der Waals surface area contributed by atoms with E-state index in [0.717, 1.165) is 5.56 Å². The number of allylic oxidation sites excluding steroid dienone is 1. The summed E-state index contributed by atoms with van der Waals surface area (Å²) in [6.07, 6.45) is 4.92. The average molecular weight is 296 g/mol. The number of para-hydroxylation sites is 1. The highest BCUT2D eigenvalue weighted by Crippen LogP contribution is 2.19. The first-order valence-corrected chi connectivity index (χ1v) is 6.51. The Kier molecular flexibility index (Phi) is 3.53. The number of hydrogen-bond acceptors (Lipinski definition) is 5. The topological polar surface area (TPSA) is 90.0 Å². The molecule has 0 aliphatic rings. The molecule has 22 heavy (non-hydrogen) atoms. The van der Waals surface area contributed by atoms with Crippen LogP contribution in [0.2, 0.25) is 0 Å². The second-order valence-electron chi connectivity index (χ2n) is 4.59. The lowest BCUT2D eigenvalue weighted by atomic mass is 10.1. The van der Waals surface area contributed by atoms with Crippen LogP contribution in [0.15, 0.2) is 58.8 Å². The number of amides is 1. The summed E-state index contributed by atoms with van der Waals surface area (Å²) in [7, 11) is 0. The predicted molar refractivity (Wildman–Crippen MR) is 80.1 cm³/mol. The average Bonchev–Trinajstić information content (AvgIpc) is 3.00. The molecule has 0 atom stereocenters. The van der Waals surface area contributed by atoms with Crippen molar-refractivity contribution in [2.45, 2.75) is 6.42 Å². The van der Waals surface area contributed by atoms with E-state index in [9.17, 15) is 9.59 Å². The Hall–Kier alpha value is -3.22. The molecule has 110 valence electrons. The Morgan fingerprint density at radius 3 is 2.86 bits per heavy atom. The molecular formula is C15H12N4O3. The highest BCUT2D eigenvalue weighted by atomic mass is 16.4. The molecule has 0 bridgehead atoms. The molecule has 0 saturated heterocycles. The van der Waals surface area contributed by atoms with Crippen LogP contribution in [-0.4, -0.2) is 20.8 Å². The molecule has 3 rings (SSSR count). The van der Waals surface area contributed by atoms with Crippen LogP contribution in [0.25, 0.3) is 11.0 Å². The van der Waals surface area contributed by atoms with Crippen molar-refractivity contribution in [1.29, 1.82) is 0 Å². The monoisotopic (exact) mass is 296 g/mol. The Labute approximate surface area is 124 Å². The number of benzene rings is 1. The lowest BCUT2D eigenvalue weighted by Gasteiger charge is -2.06. The molecule has 0 saturated carbocycles. The summed E-state index contributed by atoms with van der Waals surface area (Å²) in [6, 6.07) is 6.97. The van der Waals surface area contributed by atoms with Gasteiger partial charge in [-0.1, -0.05) is 24.3 Å². The Morgan fingerprint density at radius 1 is 1.36 bits per heavy atom. The molecule has 7 nitrogen and oxygen atoms in total. The second-order valence-corrected chi connectivity index (χ2v) is 4.59. The number of fused-ring (bicyclic) bond motifs is 1. The van der Waals surface area contributed by atoms with E-state index in [1.807, 2.05) is 12.1 Å². The number of hydrogen-bond donors (Lipinski definition) is 1. The minimum absolute atomic E-state index is 0.0862. The second kappa shape index (κ2) is 5.65. The van der Waals surface area contributed by atoms with Crippen LogP contribution in [0.3, 0.4) is 0 Å². The summed E-state index contributed by atoms with van der Waals surface area (Å²) in [4.78, 5) is 24.2. The van der Waals surface area contributed by atoms with Crippen LogP contribution in [0.1, 0.15) is 15.9 Å². The fourth-order valence-electron chi connectivity index (χ4n) is 2.12. The summed E-state index contributed by atoms with van der Waals surface area (Å²) in [5.74, 6) is -0.593. The summed E-state index contributed by atoms with van der Waals surface area (Å²) in [5.41, 5.74) is 2.98. The molecule has 0 aliphatic carbocycles. The molecule has 2 aromatic heterocycles. The minimum Gasteiger partial charge on any atom is -0.422 e. The third-order valence-electron chi connectivity index (χ3n) is 3.10. The van der Waals surface area contributed by atoms with Gasteiger partial charge in [-0.25, -0.2) is 9.47 Å². The van der Waals surface area contributed by atoms with Gasteiger partial charge in [-0.3, -0.25) is 10.2 Å². The first-order valence-electron chi connectivity index (χ1n) is 6.51. The zero-order chi connectivity index (χ0) is 15.5. The molecule has 3 aromatic rings. The van der Waals surface area contributed by atoms with E-state index >= 15 is 0 Å². The van der Waals surface area contributed by atoms with Crippen molar-refractivity contribution in [3.63, 3.8) is 0 Å². The molecule has 1 aromatic carbocycles. The molecular weight excluding hydrogens is 284 g/mol. The van der Waals surface area contributed by atoms with Crippen molar-refractivity contribution in [2.75, 3.05) is 5.43 Å². The van der Waals surface area contributed by atoms with Gasteiger partial charge in [-0.2, -0.15) is 0 Å². The van der Waals surface area contributed by atoms with Crippen molar-refractivity contribution in [3.05, 3.63) is 71.1 Å². The molecule has 2 heterocycles. The minimum atomic E-state index is -0.699. The maximum atomic E-state index is 12.1. The zero-order valence-electron chi connectivity index (χ0n) is 11.5. The van der Waals surface area contributed by atoms with Crippen LogP contribution in [0.4, 0.5) is 0 Å². The fraction of sp³-hybridized carbons (Fsp3) is 0.0667. The number of nitrogens with one attached hydrogen (secondary N) is 1. The molecule has 0 radical (unpaired) electrons. The normalized spacial score (nSPS) is 10.5. The van der Waals surface area contributed by atoms with E-state index in [-0.39, 0.29) is 5.56 Å². The van der Waals surface area contributed by atoms with E-state index in [1.54, 1.807) is 12.1 Å². The van der Waals surface area contributed by atoms with Gasteiger partial charge in [-0.05, 0) is 18.1 Å². The molecule has 0 unspecified atom stereocenters. The van der Waals surface area contributed by atoms with Gasteiger partial charge in [-0.15, -0.1) is 16.8 Å². The maximum Gasteiger partial charge on any atom is 0.349 e. The van der Waals surface area contributed by atoms with Gasteiger partial charge >= 0.3 is 5.63 Å². The predicted octanol–water partition coefficient (Wildman–Crippen LogP) is 1.50. The Balaban J connectivity index is 2.04. The van der Waals surface area contributed by atoms with Gasteiger partial charge in [0.2, 0.25) is 0 Å². The van der Waals surface area contributed by atoms with Crippen molar-refractivity contribution in [3.8, 4) is 0 Å². The first-order chi connectivity index (χ1) is 10.7. The summed E-state index contributed by atoms with van der Waals surface area (Å²) >= 11 is 0. The van der Waals surface area contributed by atoms with Gasteiger partial charge in [0.25, 0.3) is 5.91 Å². The third-order valence-corrected chi connectivity index (χ3v) is 3.10. The van der Waals surface area contributed by atoms with Gasteiger partial charge < -0.3 is 4.42 Å². The van der Waals surface area contributed by atoms with Crippen molar-refractivity contribution < 1.29 is 9.21 Å². The molecule has 1 amide bonds. The quantitative estimate of drug-likeness (QED) is 0.582. The van der Waals surface area contributed by atoms with Crippen LogP contribution >= 0.6 is 0 Å². The SMILES string of the molecule is C=CCc1cccc2cc(C(=O)Nn3cnnc3)c(=O)oc12. The lowest BCUT2D eigenvalue weighted by molar-refractivity contribution is 0.100. The number of carbonyl (C=O) groups is 1. The number of rotatable bonds is 4. The molecule has 0 aliphatic heterocycles. The van der Waals surface area contributed by atoms with E-state index in [4.69, 9.17) is 4.42 Å². The molecule has 1 N–H and O–H groups in total. The van der Waals surface area contributed by atoms with Gasteiger partial charge in [0.15, 0.2) is 0 Å². The van der Waals surface area contributed by atoms with Crippen molar-refractivity contribution in [1.82, 2.24) is 14.9 Å². The van der Waals surface area contributed by atoms with Gasteiger partial charge in [0.05, 0.1) is 0 Å². The smallest absolute Gasteiger partial charge is 0.349 e. The maximum absolute atomic E-state index is 12.1. The Bertz CT molecular complexity index is 897. The summed E-state index contributed by atoms with van der Waals surface area (Å²) in [6.45, 7) is 3.67. The van der Waals surface area contributed by atoms with Crippen LogP contribution in [-0.2, 0) is 6.42 Å². The van der Waals surface area contributed by atoms with Gasteiger partial charge in [0.1, 0.15) is 23.8 Å². The molecule has 0 fully saturated rings. The van der Waals surface area contributed by atoms with Crippen molar-refractivity contribution >= 4 is 16.9 Å². The first kappa shape index (κ1) is 13.7. The van der Waals surface area contributed by atoms with Crippen LogP contribution in [0, 0.1) is 0 Å². The summed E-state index contributed by atoms with van der Waals surface area (Å²) in [5, 5.41) is 7.80. The standard InChI is InChI=1S/C15H12N4O3/c1-2-4-10-5-3-6-11-7-12(15(21)22-13(10)11)14(20)18-19-8-16-17-9-19/h2-3,5-9H,1,4H2,(H,18,20). The zero-order valence-corrected chi connectivity index (χ0v) is 11.5.